The quantitative estimate of drug-likeness (QED) is 0.555. The largest absolute Gasteiger partial charge is 0.497 e. The number of nitrogens with two attached hydrogens (primary N) is 1. The van der Waals surface area contributed by atoms with Crippen LogP contribution in [-0.2, 0) is 13.6 Å². The Morgan fingerprint density at radius 3 is 2.76 bits per heavy atom. The third kappa shape index (κ3) is 3.03. The van der Waals surface area contributed by atoms with E-state index in [1.165, 1.54) is 0 Å². The van der Waals surface area contributed by atoms with Crippen LogP contribution in [0.15, 0.2) is 47.4 Å². The van der Waals surface area contributed by atoms with E-state index < -0.39 is 0 Å². The Bertz CT molecular complexity index is 1330. The minimum absolute atomic E-state index is 0.202. The van der Waals surface area contributed by atoms with Crippen molar-refractivity contribution in [1.29, 1.82) is 5.26 Å². The molecule has 4 aromatic rings. The van der Waals surface area contributed by atoms with Gasteiger partial charge in [-0.25, -0.2) is 5.10 Å². The Morgan fingerprint density at radius 1 is 1.21 bits per heavy atom. The highest BCUT2D eigenvalue weighted by Crippen LogP contribution is 2.36. The van der Waals surface area contributed by atoms with Crippen LogP contribution in [0.3, 0.4) is 0 Å². The lowest BCUT2D eigenvalue weighted by atomic mass is 9.96. The van der Waals surface area contributed by atoms with Crippen LogP contribution in [0.1, 0.15) is 11.3 Å². The summed E-state index contributed by atoms with van der Waals surface area (Å²) < 4.78 is 6.96. The van der Waals surface area contributed by atoms with Crippen molar-refractivity contribution in [3.63, 3.8) is 0 Å². The number of hydrogen-bond acceptors (Lipinski definition) is 6. The first-order chi connectivity index (χ1) is 14.1. The molecular weight excluding hydrogens is 368 g/mol. The zero-order chi connectivity index (χ0) is 20.5. The molecule has 2 heterocycles. The molecule has 0 aliphatic heterocycles. The molecule has 2 aromatic carbocycles. The first-order valence-corrected chi connectivity index (χ1v) is 8.89. The molecule has 0 atom stereocenters. The molecule has 8 heteroatoms. The van der Waals surface area contributed by atoms with Gasteiger partial charge >= 0.3 is 0 Å². The fraction of sp³-hybridized carbons (Fsp3) is 0.143. The number of rotatable bonds is 4. The average molecular weight is 386 g/mol. The number of aryl methyl sites for hydroxylation is 1. The monoisotopic (exact) mass is 386 g/mol. The van der Waals surface area contributed by atoms with Crippen molar-refractivity contribution in [3.8, 4) is 34.2 Å². The van der Waals surface area contributed by atoms with Gasteiger partial charge in [0.2, 0.25) is 0 Å². The third-order valence-corrected chi connectivity index (χ3v) is 4.91. The molecule has 0 spiro atoms. The smallest absolute Gasteiger partial charge is 0.272 e. The number of H-pyrrole nitrogens is 1. The van der Waals surface area contributed by atoms with Gasteiger partial charge in [0.15, 0.2) is 0 Å². The van der Waals surface area contributed by atoms with Crippen LogP contribution >= 0.6 is 0 Å². The molecule has 0 saturated heterocycles. The standard InChI is InChI=1S/C21H18N6O2/c1-27-20(15-6-4-14(29-2)7-13(15)9-22)18(11-24-27)12-3-5-16-17(8-12)19(10-23)25-26-21(16)28/h3-8,11H,10,23H2,1-2H3,(H,26,28). The summed E-state index contributed by atoms with van der Waals surface area (Å²) in [6, 6.07) is 13.1. The molecule has 29 heavy (non-hydrogen) atoms. The number of hydrogen-bond donors (Lipinski definition) is 2. The van der Waals surface area contributed by atoms with Gasteiger partial charge in [0.05, 0.1) is 41.7 Å². The number of benzene rings is 2. The lowest BCUT2D eigenvalue weighted by Crippen LogP contribution is -2.13. The van der Waals surface area contributed by atoms with Gasteiger partial charge in [-0.05, 0) is 35.9 Å². The highest BCUT2D eigenvalue weighted by Gasteiger charge is 2.18. The molecule has 0 aliphatic rings. The number of nitrogens with one attached hydrogen (secondary N) is 1. The van der Waals surface area contributed by atoms with Crippen LogP contribution in [0.25, 0.3) is 33.2 Å². The van der Waals surface area contributed by atoms with Crippen molar-refractivity contribution >= 4 is 10.8 Å². The summed E-state index contributed by atoms with van der Waals surface area (Å²) in [5.41, 5.74) is 9.83. The van der Waals surface area contributed by atoms with Crippen molar-refractivity contribution < 1.29 is 4.74 Å². The van der Waals surface area contributed by atoms with Crippen molar-refractivity contribution in [2.24, 2.45) is 12.8 Å². The van der Waals surface area contributed by atoms with Gasteiger partial charge < -0.3 is 10.5 Å². The van der Waals surface area contributed by atoms with Gasteiger partial charge in [-0.3, -0.25) is 9.48 Å². The fourth-order valence-corrected chi connectivity index (χ4v) is 3.46. The van der Waals surface area contributed by atoms with E-state index in [-0.39, 0.29) is 12.1 Å². The Kier molecular flexibility index (Phi) is 4.58. The molecule has 4 rings (SSSR count). The van der Waals surface area contributed by atoms with E-state index in [4.69, 9.17) is 10.5 Å². The van der Waals surface area contributed by atoms with E-state index in [1.54, 1.807) is 30.1 Å². The number of aromatic amines is 1. The lowest BCUT2D eigenvalue weighted by Gasteiger charge is -2.11. The van der Waals surface area contributed by atoms with Crippen molar-refractivity contribution in [1.82, 2.24) is 20.0 Å². The summed E-state index contributed by atoms with van der Waals surface area (Å²) in [6.07, 6.45) is 1.74. The zero-order valence-electron chi connectivity index (χ0n) is 15.9. The van der Waals surface area contributed by atoms with E-state index >= 15 is 0 Å². The predicted molar refractivity (Wildman–Crippen MR) is 109 cm³/mol. The normalized spacial score (nSPS) is 10.8. The van der Waals surface area contributed by atoms with E-state index in [0.29, 0.717) is 27.8 Å². The molecule has 0 fully saturated rings. The Morgan fingerprint density at radius 2 is 2.03 bits per heavy atom. The lowest BCUT2D eigenvalue weighted by molar-refractivity contribution is 0.414. The first-order valence-electron chi connectivity index (χ1n) is 8.89. The van der Waals surface area contributed by atoms with E-state index in [9.17, 15) is 10.1 Å². The second kappa shape index (κ2) is 7.22. The first kappa shape index (κ1) is 18.4. The minimum atomic E-state index is -0.267. The van der Waals surface area contributed by atoms with E-state index in [1.807, 2.05) is 31.3 Å². The maximum absolute atomic E-state index is 12.1. The maximum Gasteiger partial charge on any atom is 0.272 e. The van der Waals surface area contributed by atoms with Gasteiger partial charge in [-0.15, -0.1) is 0 Å². The highest BCUT2D eigenvalue weighted by molar-refractivity contribution is 5.91. The SMILES string of the molecule is COc1ccc(-c2c(-c3ccc4c(=O)[nH]nc(CN)c4c3)cnn2C)c(C#N)c1. The molecule has 0 unspecified atom stereocenters. The Labute approximate surface area is 166 Å². The highest BCUT2D eigenvalue weighted by atomic mass is 16.5. The van der Waals surface area contributed by atoms with E-state index in [2.05, 4.69) is 21.4 Å². The van der Waals surface area contributed by atoms with Crippen molar-refractivity contribution in [3.05, 3.63) is 64.2 Å². The molecule has 2 aromatic heterocycles. The molecule has 0 amide bonds. The number of nitriles is 1. The van der Waals surface area contributed by atoms with Crippen LogP contribution < -0.4 is 16.0 Å². The van der Waals surface area contributed by atoms with Crippen molar-refractivity contribution in [2.45, 2.75) is 6.54 Å². The molecule has 0 radical (unpaired) electrons. The topological polar surface area (TPSA) is 123 Å². The number of nitrogens with zero attached hydrogens (tertiary/aromatic N) is 4. The summed E-state index contributed by atoms with van der Waals surface area (Å²) in [5, 5.41) is 21.8. The molecule has 144 valence electrons. The van der Waals surface area contributed by atoms with Crippen molar-refractivity contribution in [2.75, 3.05) is 7.11 Å². The van der Waals surface area contributed by atoms with Gasteiger partial charge in [-0.2, -0.15) is 15.5 Å². The minimum Gasteiger partial charge on any atom is -0.497 e. The Hall–Kier alpha value is -3.96. The Balaban J connectivity index is 1.96. The molecule has 3 N–H and O–H groups in total. The fourth-order valence-electron chi connectivity index (χ4n) is 3.46. The predicted octanol–water partition coefficient (Wildman–Crippen LogP) is 2.33. The number of ether oxygens (including phenoxy) is 1. The van der Waals surface area contributed by atoms with Gasteiger partial charge in [0.1, 0.15) is 5.75 Å². The molecule has 0 aliphatic carbocycles. The van der Waals surface area contributed by atoms with Gasteiger partial charge in [0.25, 0.3) is 5.56 Å². The molecule has 0 saturated carbocycles. The average Bonchev–Trinajstić information content (AvgIpc) is 3.14. The van der Waals surface area contributed by atoms with Crippen LogP contribution in [0.4, 0.5) is 0 Å². The van der Waals surface area contributed by atoms with Crippen LogP contribution in [0.2, 0.25) is 0 Å². The van der Waals surface area contributed by atoms with Crippen LogP contribution in [0, 0.1) is 11.3 Å². The summed E-state index contributed by atoms with van der Waals surface area (Å²) in [7, 11) is 3.38. The number of fused-ring (bicyclic) bond motifs is 1. The second-order valence-electron chi connectivity index (χ2n) is 6.52. The van der Waals surface area contributed by atoms with Gasteiger partial charge in [-0.1, -0.05) is 6.07 Å². The number of aromatic nitrogens is 4. The third-order valence-electron chi connectivity index (χ3n) is 4.91. The molecular formula is C21H18N6O2. The molecule has 0 bridgehead atoms. The summed E-state index contributed by atoms with van der Waals surface area (Å²) in [4.78, 5) is 12.1. The molecule has 8 nitrogen and oxygen atoms in total. The summed E-state index contributed by atoms with van der Waals surface area (Å²) in [6.45, 7) is 0.202. The second-order valence-corrected chi connectivity index (χ2v) is 6.52. The summed E-state index contributed by atoms with van der Waals surface area (Å²) in [5.74, 6) is 0.609. The number of methoxy groups -OCH3 is 1. The van der Waals surface area contributed by atoms with Crippen LogP contribution in [0.5, 0.6) is 5.75 Å². The van der Waals surface area contributed by atoms with Crippen LogP contribution in [-0.4, -0.2) is 27.1 Å². The van der Waals surface area contributed by atoms with E-state index in [0.717, 1.165) is 22.4 Å². The maximum atomic E-state index is 12.1. The van der Waals surface area contributed by atoms with Gasteiger partial charge in [0, 0.05) is 30.1 Å². The zero-order valence-corrected chi connectivity index (χ0v) is 15.9. The summed E-state index contributed by atoms with van der Waals surface area (Å²) >= 11 is 0.